The van der Waals surface area contributed by atoms with Crippen molar-refractivity contribution in [2.24, 2.45) is 0 Å². The first-order valence-corrected chi connectivity index (χ1v) is 8.56. The minimum Gasteiger partial charge on any atom is -0.350 e. The zero-order chi connectivity index (χ0) is 20.0. The van der Waals surface area contributed by atoms with Crippen molar-refractivity contribution in [2.45, 2.75) is 38.9 Å². The molecule has 4 nitrogen and oxygen atoms in total. The molecule has 0 radical (unpaired) electrons. The van der Waals surface area contributed by atoms with E-state index >= 15 is 0 Å². The first kappa shape index (κ1) is 20.5. The molecule has 2 rings (SSSR count). The van der Waals surface area contributed by atoms with Gasteiger partial charge >= 0.3 is 6.18 Å². The molecule has 27 heavy (non-hydrogen) atoms. The number of anilines is 1. The van der Waals surface area contributed by atoms with Crippen molar-refractivity contribution in [1.29, 1.82) is 0 Å². The number of rotatable bonds is 6. The number of benzene rings is 2. The van der Waals surface area contributed by atoms with Crippen LogP contribution >= 0.6 is 0 Å². The first-order valence-electron chi connectivity index (χ1n) is 8.56. The highest BCUT2D eigenvalue weighted by Gasteiger charge is 2.30. The predicted molar refractivity (Wildman–Crippen MR) is 97.4 cm³/mol. The van der Waals surface area contributed by atoms with Gasteiger partial charge in [0.05, 0.1) is 23.2 Å². The van der Waals surface area contributed by atoms with Crippen LogP contribution in [-0.4, -0.2) is 17.9 Å². The van der Waals surface area contributed by atoms with Gasteiger partial charge in [-0.15, -0.1) is 0 Å². The molecule has 0 aromatic heterocycles. The highest BCUT2D eigenvalue weighted by molar-refractivity contribution is 6.04. The molecule has 1 atom stereocenters. The molecule has 0 fully saturated rings. The van der Waals surface area contributed by atoms with Crippen LogP contribution in [-0.2, 0) is 17.4 Å². The zero-order valence-electron chi connectivity index (χ0n) is 15.1. The molecule has 0 saturated carbocycles. The molecule has 2 N–H and O–H groups in total. The van der Waals surface area contributed by atoms with E-state index in [0.717, 1.165) is 18.6 Å². The fourth-order valence-corrected chi connectivity index (χ4v) is 2.43. The third-order valence-electron chi connectivity index (χ3n) is 4.05. The number of hydrogen-bond donors (Lipinski definition) is 2. The SMILES string of the molecule is CCC(C)NC(=O)c1ccccc1NC(=O)Cc1cccc(C(F)(F)F)c1. The number of amides is 2. The summed E-state index contributed by atoms with van der Waals surface area (Å²) in [6.45, 7) is 3.81. The minimum atomic E-state index is -4.47. The lowest BCUT2D eigenvalue weighted by Crippen LogP contribution is -2.32. The first-order chi connectivity index (χ1) is 12.7. The van der Waals surface area contributed by atoms with Crippen LogP contribution in [0.5, 0.6) is 0 Å². The van der Waals surface area contributed by atoms with Gasteiger partial charge in [0.15, 0.2) is 0 Å². The normalized spacial score (nSPS) is 12.3. The number of hydrogen-bond acceptors (Lipinski definition) is 2. The van der Waals surface area contributed by atoms with Crippen molar-refractivity contribution >= 4 is 17.5 Å². The second-order valence-electron chi connectivity index (χ2n) is 6.25. The number of carbonyl (C=O) groups excluding carboxylic acids is 2. The molecule has 2 amide bonds. The molecular weight excluding hydrogens is 357 g/mol. The van der Waals surface area contributed by atoms with Crippen molar-refractivity contribution in [1.82, 2.24) is 5.32 Å². The summed E-state index contributed by atoms with van der Waals surface area (Å²) in [7, 11) is 0. The lowest BCUT2D eigenvalue weighted by molar-refractivity contribution is -0.137. The van der Waals surface area contributed by atoms with Crippen molar-refractivity contribution in [2.75, 3.05) is 5.32 Å². The molecule has 7 heteroatoms. The molecule has 0 spiro atoms. The van der Waals surface area contributed by atoms with Gasteiger partial charge in [0.2, 0.25) is 5.91 Å². The van der Waals surface area contributed by atoms with Crippen LogP contribution in [0.15, 0.2) is 48.5 Å². The third kappa shape index (κ3) is 5.84. The van der Waals surface area contributed by atoms with Gasteiger partial charge in [-0.2, -0.15) is 13.2 Å². The molecule has 0 bridgehead atoms. The summed E-state index contributed by atoms with van der Waals surface area (Å²) in [5.41, 5.74) is 0.0514. The van der Waals surface area contributed by atoms with E-state index in [1.54, 1.807) is 24.3 Å². The average Bonchev–Trinajstić information content (AvgIpc) is 2.61. The van der Waals surface area contributed by atoms with Gasteiger partial charge in [-0.05, 0) is 37.1 Å². The summed E-state index contributed by atoms with van der Waals surface area (Å²) < 4.78 is 38.3. The molecule has 2 aromatic carbocycles. The Bertz CT molecular complexity index is 819. The van der Waals surface area contributed by atoms with E-state index < -0.39 is 17.6 Å². The summed E-state index contributed by atoms with van der Waals surface area (Å²) in [4.78, 5) is 24.6. The predicted octanol–water partition coefficient (Wildman–Crippen LogP) is 4.41. The van der Waals surface area contributed by atoms with Crippen molar-refractivity contribution in [3.63, 3.8) is 0 Å². The second-order valence-corrected chi connectivity index (χ2v) is 6.25. The van der Waals surface area contributed by atoms with Crippen molar-refractivity contribution < 1.29 is 22.8 Å². The van der Waals surface area contributed by atoms with E-state index in [1.165, 1.54) is 12.1 Å². The van der Waals surface area contributed by atoms with Crippen LogP contribution in [0.1, 0.15) is 41.8 Å². The lowest BCUT2D eigenvalue weighted by Gasteiger charge is -2.15. The number of alkyl halides is 3. The maximum Gasteiger partial charge on any atom is 0.416 e. The van der Waals surface area contributed by atoms with Gasteiger partial charge in [-0.3, -0.25) is 9.59 Å². The maximum atomic E-state index is 12.8. The van der Waals surface area contributed by atoms with Gasteiger partial charge < -0.3 is 10.6 Å². The molecule has 1 unspecified atom stereocenters. The van der Waals surface area contributed by atoms with E-state index in [0.29, 0.717) is 11.3 Å². The van der Waals surface area contributed by atoms with Crippen LogP contribution in [0.2, 0.25) is 0 Å². The molecule has 0 aliphatic heterocycles. The van der Waals surface area contributed by atoms with E-state index in [9.17, 15) is 22.8 Å². The summed E-state index contributed by atoms with van der Waals surface area (Å²) in [5, 5.41) is 5.43. The van der Waals surface area contributed by atoms with Gasteiger partial charge in [0, 0.05) is 6.04 Å². The highest BCUT2D eigenvalue weighted by atomic mass is 19.4. The number of carbonyl (C=O) groups is 2. The van der Waals surface area contributed by atoms with Gasteiger partial charge in [-0.1, -0.05) is 37.3 Å². The van der Waals surface area contributed by atoms with E-state index in [-0.39, 0.29) is 23.9 Å². The molecule has 0 heterocycles. The van der Waals surface area contributed by atoms with Gasteiger partial charge in [0.1, 0.15) is 0 Å². The van der Waals surface area contributed by atoms with E-state index in [2.05, 4.69) is 10.6 Å². The summed E-state index contributed by atoms with van der Waals surface area (Å²) in [6.07, 6.45) is -3.94. The summed E-state index contributed by atoms with van der Waals surface area (Å²) >= 11 is 0. The Morgan fingerprint density at radius 2 is 1.78 bits per heavy atom. The van der Waals surface area contributed by atoms with Crippen LogP contribution in [0, 0.1) is 0 Å². The maximum absolute atomic E-state index is 12.8. The lowest BCUT2D eigenvalue weighted by atomic mass is 10.1. The molecule has 0 aliphatic rings. The molecule has 0 saturated heterocycles. The van der Waals surface area contributed by atoms with Gasteiger partial charge in [0.25, 0.3) is 5.91 Å². The summed E-state index contributed by atoms with van der Waals surface area (Å²) in [6, 6.07) is 11.1. The second kappa shape index (κ2) is 8.70. The van der Waals surface area contributed by atoms with Crippen LogP contribution in [0.3, 0.4) is 0 Å². The van der Waals surface area contributed by atoms with Gasteiger partial charge in [-0.25, -0.2) is 0 Å². The quantitative estimate of drug-likeness (QED) is 0.782. The van der Waals surface area contributed by atoms with Crippen LogP contribution < -0.4 is 10.6 Å². The van der Waals surface area contributed by atoms with Crippen LogP contribution in [0.25, 0.3) is 0 Å². The fraction of sp³-hybridized carbons (Fsp3) is 0.300. The molecule has 0 aliphatic carbocycles. The fourth-order valence-electron chi connectivity index (χ4n) is 2.43. The number of nitrogens with one attached hydrogen (secondary N) is 2. The highest BCUT2D eigenvalue weighted by Crippen LogP contribution is 2.29. The third-order valence-corrected chi connectivity index (χ3v) is 4.05. The monoisotopic (exact) mass is 378 g/mol. The number of halogens is 3. The standard InChI is InChI=1S/C20H21F3N2O2/c1-3-13(2)24-19(27)16-9-4-5-10-17(16)25-18(26)12-14-7-6-8-15(11-14)20(21,22)23/h4-11,13H,3,12H2,1-2H3,(H,24,27)(H,25,26). The Morgan fingerprint density at radius 3 is 2.44 bits per heavy atom. The zero-order valence-corrected chi connectivity index (χ0v) is 15.1. The minimum absolute atomic E-state index is 0.0219. The Morgan fingerprint density at radius 1 is 1.07 bits per heavy atom. The largest absolute Gasteiger partial charge is 0.416 e. The topological polar surface area (TPSA) is 58.2 Å². The summed E-state index contributed by atoms with van der Waals surface area (Å²) in [5.74, 6) is -0.822. The Kier molecular flexibility index (Phi) is 6.60. The Hall–Kier alpha value is -2.83. The molecular formula is C20H21F3N2O2. The van der Waals surface area contributed by atoms with E-state index in [1.807, 2.05) is 13.8 Å². The molecule has 144 valence electrons. The smallest absolute Gasteiger partial charge is 0.350 e. The van der Waals surface area contributed by atoms with Crippen LogP contribution in [0.4, 0.5) is 18.9 Å². The average molecular weight is 378 g/mol. The van der Waals surface area contributed by atoms with E-state index in [4.69, 9.17) is 0 Å². The molecule has 2 aromatic rings. The van der Waals surface area contributed by atoms with Crippen molar-refractivity contribution in [3.05, 3.63) is 65.2 Å². The number of para-hydroxylation sites is 1. The Labute approximate surface area is 155 Å². The Balaban J connectivity index is 2.12. The van der Waals surface area contributed by atoms with Crippen molar-refractivity contribution in [3.8, 4) is 0 Å².